The lowest BCUT2D eigenvalue weighted by Crippen LogP contribution is -2.47. The number of carbonyl (C=O) groups is 10. The molecule has 2 aliphatic carbocycles. The van der Waals surface area contributed by atoms with Crippen molar-refractivity contribution in [3.05, 3.63) is 50.1 Å². The lowest BCUT2D eigenvalue weighted by atomic mass is 9.82. The van der Waals surface area contributed by atoms with Gasteiger partial charge in [-0.3, -0.25) is 43.2 Å². The number of likely N-dealkylation sites (tertiary alicyclic amines) is 2. The van der Waals surface area contributed by atoms with Crippen LogP contribution >= 0.6 is 0 Å². The fourth-order valence-corrected chi connectivity index (χ4v) is 14.9. The third-order valence-electron chi connectivity index (χ3n) is 20.5. The van der Waals surface area contributed by atoms with Crippen LogP contribution in [0.3, 0.4) is 0 Å². The van der Waals surface area contributed by atoms with E-state index >= 15 is 0 Å². The summed E-state index contributed by atoms with van der Waals surface area (Å²) in [6.45, 7) is 36.4. The van der Waals surface area contributed by atoms with Crippen LogP contribution in [0.2, 0.25) is 0 Å². The summed E-state index contributed by atoms with van der Waals surface area (Å²) in [7, 11) is 2.62. The molecule has 542 valence electrons. The maximum Gasteiger partial charge on any atom is 0.326 e. The topological polar surface area (TPSA) is 298 Å². The Labute approximate surface area is 571 Å². The lowest BCUT2D eigenvalue weighted by molar-refractivity contribution is -0.160. The number of methoxy groups -OCH3 is 2. The third kappa shape index (κ3) is 23.3. The molecule has 19 atom stereocenters. The number of hydrogen-bond donors (Lipinski definition) is 4. The molecule has 0 aromatic heterocycles. The number of nitrogens with zero attached hydrogens (tertiary/aromatic N) is 3. The Kier molecular flexibility index (Phi) is 31.0. The van der Waals surface area contributed by atoms with Crippen LogP contribution in [0.1, 0.15) is 206 Å². The van der Waals surface area contributed by atoms with E-state index in [0.29, 0.717) is 37.0 Å². The summed E-state index contributed by atoms with van der Waals surface area (Å²) in [5.41, 5.74) is -3.23. The van der Waals surface area contributed by atoms with Gasteiger partial charge in [-0.05, 0) is 160 Å². The van der Waals surface area contributed by atoms with Gasteiger partial charge in [-0.15, -0.1) is 19.7 Å². The van der Waals surface area contributed by atoms with E-state index < -0.39 is 100 Å². The van der Waals surface area contributed by atoms with E-state index in [9.17, 15) is 68.4 Å². The highest BCUT2D eigenvalue weighted by molar-refractivity contribution is 5.97. The number of carboxylic acids is 1. The number of aliphatic hydroxyl groups is 3. The summed E-state index contributed by atoms with van der Waals surface area (Å²) in [5.74, 6) is -4.94. The van der Waals surface area contributed by atoms with Crippen molar-refractivity contribution in [3.63, 3.8) is 0 Å². The molecule has 96 heavy (non-hydrogen) atoms. The van der Waals surface area contributed by atoms with Crippen molar-refractivity contribution in [2.75, 3.05) is 33.9 Å². The van der Waals surface area contributed by atoms with Crippen molar-refractivity contribution in [3.8, 4) is 0 Å². The van der Waals surface area contributed by atoms with E-state index in [4.69, 9.17) is 18.9 Å². The second-order valence-electron chi connectivity index (χ2n) is 31.2. The number of hydrogen-bond acceptors (Lipinski definition) is 17. The van der Waals surface area contributed by atoms with E-state index in [2.05, 4.69) is 46.6 Å². The van der Waals surface area contributed by atoms with Gasteiger partial charge in [0.1, 0.15) is 17.2 Å². The maximum absolute atomic E-state index is 14.0. The minimum atomic E-state index is -1.04. The molecule has 0 spiro atoms. The number of ketones is 2. The molecule has 2 saturated carbocycles. The molecule has 21 heteroatoms. The van der Waals surface area contributed by atoms with Gasteiger partial charge in [0.05, 0.1) is 80.1 Å². The zero-order chi connectivity index (χ0) is 72.5. The van der Waals surface area contributed by atoms with Gasteiger partial charge in [0.2, 0.25) is 17.7 Å². The van der Waals surface area contributed by atoms with Gasteiger partial charge in [0.15, 0.2) is 11.6 Å². The summed E-state index contributed by atoms with van der Waals surface area (Å²) >= 11 is 0. The number of esters is 4. The number of amides is 3. The van der Waals surface area contributed by atoms with Crippen molar-refractivity contribution in [1.29, 1.82) is 0 Å². The molecule has 21 nitrogen and oxygen atoms in total. The number of Topliss-reactive ketones (excluding diaryl/α,β-unsaturated/α-hetero) is 2. The number of fused-ring (bicyclic) bond motifs is 2. The minimum Gasteiger partial charge on any atom is -0.480 e. The number of ether oxygens (including phenoxy) is 4. The molecule has 0 radical (unpaired) electrons. The molecule has 3 amide bonds. The number of aliphatic hydroxyl groups excluding tert-OH is 3. The second-order valence-corrected chi connectivity index (χ2v) is 31.2. The summed E-state index contributed by atoms with van der Waals surface area (Å²) in [5, 5.41) is 39.8. The quantitative estimate of drug-likeness (QED) is 0.0375. The average molecular weight is 1350 g/mol. The van der Waals surface area contributed by atoms with Crippen LogP contribution in [0.5, 0.6) is 0 Å². The van der Waals surface area contributed by atoms with Crippen molar-refractivity contribution < 1.29 is 87.3 Å². The first-order chi connectivity index (χ1) is 44.7. The smallest absolute Gasteiger partial charge is 0.326 e. The van der Waals surface area contributed by atoms with Crippen LogP contribution in [0.25, 0.3) is 0 Å². The molecule has 4 N–H and O–H groups in total. The minimum absolute atomic E-state index is 0.00884. The fourth-order valence-electron chi connectivity index (χ4n) is 14.9. The predicted molar refractivity (Wildman–Crippen MR) is 364 cm³/mol. The van der Waals surface area contributed by atoms with Gasteiger partial charge in [-0.25, -0.2) is 4.79 Å². The monoisotopic (exact) mass is 1350 g/mol. The average Bonchev–Trinajstić information content (AvgIpc) is 1.59. The normalized spacial score (nSPS) is 30.4. The van der Waals surface area contributed by atoms with Gasteiger partial charge >= 0.3 is 29.8 Å². The molecule has 0 aromatic rings. The van der Waals surface area contributed by atoms with Crippen LogP contribution in [0.15, 0.2) is 50.1 Å². The number of β-amino-alcohol motifs (C(OH)–C–C–N with tert-alkyl or cyclic N) is 2. The van der Waals surface area contributed by atoms with Crippen molar-refractivity contribution >= 4 is 59.1 Å². The fraction of sp³-hybridized carbons (Fsp3) is 0.760. The van der Waals surface area contributed by atoms with Crippen molar-refractivity contribution in [1.82, 2.24) is 14.7 Å². The number of allylic oxidation sites excluding steroid dienone is 5. The Bertz CT molecular complexity index is 2770. The zero-order valence-electron chi connectivity index (χ0n) is 60.5. The maximum atomic E-state index is 14.0. The first-order valence-electron chi connectivity index (χ1n) is 35.1. The van der Waals surface area contributed by atoms with Gasteiger partial charge in [0.25, 0.3) is 0 Å². The van der Waals surface area contributed by atoms with E-state index in [1.807, 2.05) is 45.9 Å². The first kappa shape index (κ1) is 82.4. The van der Waals surface area contributed by atoms with Crippen molar-refractivity contribution in [2.24, 2.45) is 75.9 Å². The van der Waals surface area contributed by atoms with Gasteiger partial charge in [-0.1, -0.05) is 78.8 Å². The molecule has 6 aliphatic rings. The van der Waals surface area contributed by atoms with E-state index in [0.717, 1.165) is 51.4 Å². The highest BCUT2D eigenvalue weighted by Gasteiger charge is 2.63. The Hall–Kier alpha value is -6.06. The SMILES string of the molecule is C=CCCC(C)C[C@@H](C)[C@H](C)C(=O)N1C[C@H](O)C[C@H]1C(=O)O.C=CCCC(C)C[C@@H](C)[C@H](CC(=O)OC(C)(C)C)C(=O)N1C[C@H](O)C[C@H]1C(=O)C[C@]1(C(=O)OC)C[C@H]1C=C.COC(=O)[C@]12CC(=O)[C@@H]3C[C@@H](O)CN3C(=O)[C@@H](CC(=O)OC(C)(C)C)[C@H](C)CC(C)CC/C=C\[C@@H]1C2. The Morgan fingerprint density at radius 3 is 1.75 bits per heavy atom. The van der Waals surface area contributed by atoms with Crippen LogP contribution in [-0.4, -0.2) is 176 Å². The zero-order valence-corrected chi connectivity index (χ0v) is 60.5. The molecule has 0 aromatic carbocycles. The molecule has 6 rings (SSSR count). The number of carbonyl (C=O) groups excluding carboxylic acids is 9. The predicted octanol–water partition coefficient (Wildman–Crippen LogP) is 9.99. The molecule has 4 aliphatic heterocycles. The largest absolute Gasteiger partial charge is 0.480 e. The number of aliphatic carboxylic acids is 1. The Morgan fingerprint density at radius 1 is 0.698 bits per heavy atom. The molecular weight excluding hydrogens is 1230 g/mol. The standard InChI is InChI=1S/C30H47NO7.C28H43NO7.C17H29NO4/c1-9-11-12-19(3)13-20(4)23(15-26(34)38-29(5,6)7)27(35)31-18-22(32)14-24(31)25(33)17-30(28(36)37-8)16-21(30)10-2;1-17-9-7-8-10-19-14-28(19,26(34)35-6)15-23(31)22-12-20(30)16-29(22)25(33)21(18(2)11-17)13-24(32)36-27(3,4)5;1-5-6-7-11(2)8-12(3)13(4)16(20)18-10-14(19)9-15(18)17(21)22/h9-10,19-24,32H,1-2,11-18H2,3-8H3;8,10,17-22,30H,7,9,11-16H2,1-6H3;5,11-15,19H,1,6-10H2,2-4H3,(H,21,22)/b;10-8-;/t19?,20-,21-,22-,23+,24+,30-;17?,18-,19-,20-,21+,22+,28-;11?,12-,13+,14-,15+/m111/s1. The van der Waals surface area contributed by atoms with E-state index in [-0.39, 0.29) is 129 Å². The summed E-state index contributed by atoms with van der Waals surface area (Å²) in [4.78, 5) is 134. The van der Waals surface area contributed by atoms with E-state index in [1.54, 1.807) is 47.6 Å². The first-order valence-corrected chi connectivity index (χ1v) is 35.1. The molecule has 4 heterocycles. The van der Waals surface area contributed by atoms with Crippen LogP contribution in [-0.2, 0) is 66.9 Å². The summed E-state index contributed by atoms with van der Waals surface area (Å²) < 4.78 is 21.1. The van der Waals surface area contributed by atoms with Crippen LogP contribution < -0.4 is 0 Å². The Morgan fingerprint density at radius 2 is 1.23 bits per heavy atom. The van der Waals surface area contributed by atoms with Crippen LogP contribution in [0, 0.1) is 75.9 Å². The Balaban J connectivity index is 0.000000317. The molecule has 0 bridgehead atoms. The third-order valence-corrected chi connectivity index (χ3v) is 20.5. The second kappa shape index (κ2) is 36.1. The van der Waals surface area contributed by atoms with Crippen LogP contribution in [0.4, 0.5) is 0 Å². The number of rotatable bonds is 25. The lowest BCUT2D eigenvalue weighted by Gasteiger charge is -2.32. The summed E-state index contributed by atoms with van der Waals surface area (Å²) in [6.07, 6.45) is 16.1. The highest BCUT2D eigenvalue weighted by atomic mass is 16.6. The number of carboxylic acid groups (broad SMARTS) is 1. The van der Waals surface area contributed by atoms with Gasteiger partial charge in [-0.2, -0.15) is 0 Å². The highest BCUT2D eigenvalue weighted by Crippen LogP contribution is 2.58. The van der Waals surface area contributed by atoms with Gasteiger partial charge < -0.3 is 54.1 Å². The molecule has 3 saturated heterocycles. The van der Waals surface area contributed by atoms with Crippen molar-refractivity contribution in [2.45, 2.75) is 253 Å². The molecule has 3 unspecified atom stereocenters. The molecule has 5 fully saturated rings. The van der Waals surface area contributed by atoms with E-state index in [1.165, 1.54) is 28.9 Å². The van der Waals surface area contributed by atoms with Gasteiger partial charge in [0, 0.05) is 57.7 Å². The summed E-state index contributed by atoms with van der Waals surface area (Å²) in [6, 6.07) is -2.58. The molecular formula is C75H119N3O18.